The van der Waals surface area contributed by atoms with Crippen LogP contribution >= 0.6 is 24.0 Å². The molecule has 1 saturated heterocycles. The molecule has 0 aliphatic carbocycles. The second-order valence-corrected chi connectivity index (χ2v) is 7.33. The van der Waals surface area contributed by atoms with E-state index in [-0.39, 0.29) is 24.0 Å². The molecule has 2 aliphatic heterocycles. The Hall–Kier alpha value is -1.26. The van der Waals surface area contributed by atoms with Crippen molar-refractivity contribution in [1.82, 2.24) is 20.4 Å². The highest BCUT2D eigenvalue weighted by Gasteiger charge is 2.17. The third kappa shape index (κ3) is 6.66. The molecule has 1 fully saturated rings. The summed E-state index contributed by atoms with van der Waals surface area (Å²) in [6.07, 6.45) is 0. The predicted octanol–water partition coefficient (Wildman–Crippen LogP) is 1.97. The van der Waals surface area contributed by atoms with Gasteiger partial charge in [-0.15, -0.1) is 24.0 Å². The van der Waals surface area contributed by atoms with Crippen LogP contribution in [-0.2, 0) is 6.54 Å². The number of nitrogens with one attached hydrogen (secondary N) is 2. The van der Waals surface area contributed by atoms with Crippen LogP contribution in [-0.4, -0.2) is 75.4 Å². The van der Waals surface area contributed by atoms with Gasteiger partial charge >= 0.3 is 0 Å². The third-order valence-electron chi connectivity index (χ3n) is 5.22. The molecule has 1 aromatic carbocycles. The van der Waals surface area contributed by atoms with Crippen LogP contribution in [0.25, 0.3) is 0 Å². The predicted molar refractivity (Wildman–Crippen MR) is 124 cm³/mol. The second-order valence-electron chi connectivity index (χ2n) is 7.33. The minimum Gasteiger partial charge on any atom is -0.454 e. The number of hydrogen-bond acceptors (Lipinski definition) is 5. The lowest BCUT2D eigenvalue weighted by Gasteiger charge is -2.35. The van der Waals surface area contributed by atoms with Gasteiger partial charge in [-0.3, -0.25) is 4.99 Å². The Balaban J connectivity index is 0.00000280. The van der Waals surface area contributed by atoms with Crippen LogP contribution in [0.3, 0.4) is 0 Å². The minimum absolute atomic E-state index is 0. The first-order valence-corrected chi connectivity index (χ1v) is 9.95. The highest BCUT2D eigenvalue weighted by molar-refractivity contribution is 14.0. The molecule has 2 heterocycles. The first-order valence-electron chi connectivity index (χ1n) is 9.95. The number of ether oxygens (including phenoxy) is 2. The number of piperazine rings is 1. The number of benzene rings is 1. The van der Waals surface area contributed by atoms with Crippen molar-refractivity contribution in [2.75, 3.05) is 59.7 Å². The quantitative estimate of drug-likeness (QED) is 0.337. The zero-order valence-corrected chi connectivity index (χ0v) is 19.6. The Morgan fingerprint density at radius 3 is 2.54 bits per heavy atom. The molecule has 3 rings (SSSR count). The van der Waals surface area contributed by atoms with Gasteiger partial charge in [0.2, 0.25) is 6.79 Å². The molecule has 28 heavy (non-hydrogen) atoms. The first-order chi connectivity index (χ1) is 13.2. The number of fused-ring (bicyclic) bond motifs is 1. The highest BCUT2D eigenvalue weighted by Crippen LogP contribution is 2.32. The van der Waals surface area contributed by atoms with Crippen molar-refractivity contribution in [1.29, 1.82) is 0 Å². The van der Waals surface area contributed by atoms with E-state index in [0.29, 0.717) is 19.3 Å². The molecule has 0 amide bonds. The topological polar surface area (TPSA) is 61.4 Å². The largest absolute Gasteiger partial charge is 0.454 e. The molecule has 2 N–H and O–H groups in total. The van der Waals surface area contributed by atoms with Gasteiger partial charge in [-0.05, 0) is 30.2 Å². The van der Waals surface area contributed by atoms with Crippen molar-refractivity contribution >= 4 is 29.9 Å². The van der Waals surface area contributed by atoms with Crippen LogP contribution in [0.15, 0.2) is 23.2 Å². The molecule has 1 aromatic rings. The zero-order valence-electron chi connectivity index (χ0n) is 17.2. The molecular weight excluding hydrogens is 469 g/mol. The van der Waals surface area contributed by atoms with E-state index in [9.17, 15) is 0 Å². The fraction of sp³-hybridized carbons (Fsp3) is 0.650. The fourth-order valence-electron chi connectivity index (χ4n) is 3.52. The molecule has 2 aliphatic rings. The zero-order chi connectivity index (χ0) is 19.1. The third-order valence-corrected chi connectivity index (χ3v) is 5.22. The van der Waals surface area contributed by atoms with Crippen LogP contribution in [0.5, 0.6) is 11.5 Å². The van der Waals surface area contributed by atoms with Crippen LogP contribution in [0.1, 0.15) is 19.4 Å². The number of guanidine groups is 1. The van der Waals surface area contributed by atoms with Gasteiger partial charge in [-0.2, -0.15) is 0 Å². The number of rotatable bonds is 7. The summed E-state index contributed by atoms with van der Waals surface area (Å²) in [6, 6.07) is 6.02. The van der Waals surface area contributed by atoms with Crippen molar-refractivity contribution < 1.29 is 9.47 Å². The van der Waals surface area contributed by atoms with Crippen molar-refractivity contribution in [3.8, 4) is 11.5 Å². The normalized spacial score (nSPS) is 18.5. The van der Waals surface area contributed by atoms with E-state index in [1.807, 2.05) is 25.2 Å². The number of hydrogen-bond donors (Lipinski definition) is 2. The molecule has 1 atom stereocenters. The molecule has 0 radical (unpaired) electrons. The second kappa shape index (κ2) is 11.7. The molecule has 0 spiro atoms. The van der Waals surface area contributed by atoms with E-state index < -0.39 is 0 Å². The first kappa shape index (κ1) is 23.0. The van der Waals surface area contributed by atoms with Gasteiger partial charge in [0.05, 0.1) is 0 Å². The van der Waals surface area contributed by atoms with E-state index in [1.54, 1.807) is 0 Å². The summed E-state index contributed by atoms with van der Waals surface area (Å²) in [5, 5.41) is 6.82. The molecule has 7 nitrogen and oxygen atoms in total. The van der Waals surface area contributed by atoms with E-state index in [1.165, 1.54) is 26.2 Å². The lowest BCUT2D eigenvalue weighted by atomic mass is 10.1. The summed E-state index contributed by atoms with van der Waals surface area (Å²) in [6.45, 7) is 13.5. The summed E-state index contributed by atoms with van der Waals surface area (Å²) in [5.74, 6) is 3.03. The van der Waals surface area contributed by atoms with Crippen molar-refractivity contribution in [2.45, 2.75) is 20.4 Å². The summed E-state index contributed by atoms with van der Waals surface area (Å²) in [4.78, 5) is 9.42. The fourth-order valence-corrected chi connectivity index (χ4v) is 3.52. The lowest BCUT2D eigenvalue weighted by molar-refractivity contribution is 0.124. The van der Waals surface area contributed by atoms with Crippen molar-refractivity contribution in [2.24, 2.45) is 10.9 Å². The van der Waals surface area contributed by atoms with Crippen LogP contribution < -0.4 is 20.1 Å². The van der Waals surface area contributed by atoms with Crippen molar-refractivity contribution in [3.05, 3.63) is 23.8 Å². The monoisotopic (exact) mass is 503 g/mol. The minimum atomic E-state index is 0. The number of likely N-dealkylation sites (N-methyl/N-ethyl adjacent to an activating group) is 1. The lowest BCUT2D eigenvalue weighted by Crippen LogP contribution is -2.48. The van der Waals surface area contributed by atoms with Gasteiger partial charge < -0.3 is 29.9 Å². The van der Waals surface area contributed by atoms with Crippen molar-refractivity contribution in [3.63, 3.8) is 0 Å². The van der Waals surface area contributed by atoms with E-state index in [4.69, 9.17) is 9.47 Å². The average Bonchev–Trinajstić information content (AvgIpc) is 3.16. The molecule has 0 saturated carbocycles. The van der Waals surface area contributed by atoms with Gasteiger partial charge in [-0.25, -0.2) is 0 Å². The Labute approximate surface area is 185 Å². The summed E-state index contributed by atoms with van der Waals surface area (Å²) in [5.41, 5.74) is 1.14. The average molecular weight is 503 g/mol. The maximum absolute atomic E-state index is 5.43. The maximum Gasteiger partial charge on any atom is 0.231 e. The number of halogens is 1. The molecule has 158 valence electrons. The Bertz CT molecular complexity index is 635. The molecule has 8 heteroatoms. The van der Waals surface area contributed by atoms with E-state index in [2.05, 4.69) is 39.3 Å². The van der Waals surface area contributed by atoms with E-state index in [0.717, 1.165) is 42.7 Å². The summed E-state index contributed by atoms with van der Waals surface area (Å²) < 4.78 is 10.8. The Kier molecular flexibility index (Phi) is 9.60. The SMILES string of the molecule is CCN1CCN(CC(C)CNC(=NC)NCc2ccc3c(c2)OCO3)CC1.I. The van der Waals surface area contributed by atoms with Crippen LogP contribution in [0.4, 0.5) is 0 Å². The van der Waals surface area contributed by atoms with Gasteiger partial charge in [0.1, 0.15) is 0 Å². The van der Waals surface area contributed by atoms with E-state index >= 15 is 0 Å². The molecule has 0 bridgehead atoms. The van der Waals surface area contributed by atoms with Crippen LogP contribution in [0, 0.1) is 5.92 Å². The van der Waals surface area contributed by atoms with Gasteiger partial charge in [0, 0.05) is 52.9 Å². The summed E-state index contributed by atoms with van der Waals surface area (Å²) in [7, 11) is 1.81. The smallest absolute Gasteiger partial charge is 0.231 e. The van der Waals surface area contributed by atoms with Crippen LogP contribution in [0.2, 0.25) is 0 Å². The van der Waals surface area contributed by atoms with Gasteiger partial charge in [-0.1, -0.05) is 19.9 Å². The number of aliphatic imine (C=N–C) groups is 1. The maximum atomic E-state index is 5.43. The Morgan fingerprint density at radius 2 is 1.82 bits per heavy atom. The molecule has 1 unspecified atom stereocenters. The van der Waals surface area contributed by atoms with Gasteiger partial charge in [0.25, 0.3) is 0 Å². The highest BCUT2D eigenvalue weighted by atomic mass is 127. The number of nitrogens with zero attached hydrogens (tertiary/aromatic N) is 3. The summed E-state index contributed by atoms with van der Waals surface area (Å²) >= 11 is 0. The molecule has 0 aromatic heterocycles. The Morgan fingerprint density at radius 1 is 1.11 bits per heavy atom. The van der Waals surface area contributed by atoms with Gasteiger partial charge in [0.15, 0.2) is 17.5 Å². The molecular formula is C20H34IN5O2. The standard InChI is InChI=1S/C20H33N5O2.HI/c1-4-24-7-9-25(10-8-24)14-16(2)12-22-20(21-3)23-13-17-5-6-18-19(11-17)27-15-26-18;/h5-6,11,16H,4,7-10,12-15H2,1-3H3,(H2,21,22,23);1H.